The molecule has 1 aromatic rings. The average Bonchev–Trinajstić information content (AvgIpc) is 2.33. The van der Waals surface area contributed by atoms with Crippen molar-refractivity contribution in [1.29, 1.82) is 0 Å². The van der Waals surface area contributed by atoms with Gasteiger partial charge in [0.25, 0.3) is 0 Å². The predicted molar refractivity (Wildman–Crippen MR) is 74.4 cm³/mol. The van der Waals surface area contributed by atoms with Crippen molar-refractivity contribution in [3.63, 3.8) is 0 Å². The van der Waals surface area contributed by atoms with Gasteiger partial charge >= 0.3 is 0 Å². The summed E-state index contributed by atoms with van der Waals surface area (Å²) >= 11 is 0. The van der Waals surface area contributed by atoms with Gasteiger partial charge in [-0.3, -0.25) is 4.90 Å². The fourth-order valence-electron chi connectivity index (χ4n) is 2.71. The van der Waals surface area contributed by atoms with Crippen LogP contribution in [0.2, 0.25) is 0 Å². The highest BCUT2D eigenvalue weighted by Gasteiger charge is 2.27. The second-order valence-electron chi connectivity index (χ2n) is 5.60. The molecular formula is C15H24N2O. The van der Waals surface area contributed by atoms with Crippen LogP contribution in [-0.2, 0) is 6.54 Å². The van der Waals surface area contributed by atoms with E-state index in [-0.39, 0.29) is 6.10 Å². The first kappa shape index (κ1) is 13.5. The highest BCUT2D eigenvalue weighted by molar-refractivity contribution is 5.14. The van der Waals surface area contributed by atoms with Crippen LogP contribution in [0.3, 0.4) is 0 Å². The first-order chi connectivity index (χ1) is 8.65. The molecule has 0 bridgehead atoms. The minimum absolute atomic E-state index is 0.190. The summed E-state index contributed by atoms with van der Waals surface area (Å²) in [5, 5.41) is 10.2. The third kappa shape index (κ3) is 3.80. The molecule has 0 unspecified atom stereocenters. The fourth-order valence-corrected chi connectivity index (χ4v) is 2.71. The molecule has 2 atom stereocenters. The van der Waals surface area contributed by atoms with E-state index in [1.165, 1.54) is 5.56 Å². The number of aliphatic hydroxyl groups excluding tert-OH is 1. The molecule has 18 heavy (non-hydrogen) atoms. The Morgan fingerprint density at radius 3 is 2.61 bits per heavy atom. The summed E-state index contributed by atoms with van der Waals surface area (Å²) in [5.41, 5.74) is 1.33. The third-order valence-corrected chi connectivity index (χ3v) is 3.65. The molecule has 1 heterocycles. The molecule has 0 aliphatic carbocycles. The van der Waals surface area contributed by atoms with Crippen LogP contribution in [0.25, 0.3) is 0 Å². The second kappa shape index (κ2) is 6.32. The van der Waals surface area contributed by atoms with Crippen LogP contribution in [-0.4, -0.2) is 54.7 Å². The summed E-state index contributed by atoms with van der Waals surface area (Å²) in [5.74, 6) is 0.423. The van der Waals surface area contributed by atoms with Gasteiger partial charge in [0.05, 0.1) is 6.10 Å². The minimum atomic E-state index is -0.190. The number of aliphatic hydroxyl groups is 1. The van der Waals surface area contributed by atoms with Crippen LogP contribution < -0.4 is 0 Å². The Labute approximate surface area is 110 Å². The summed E-state index contributed by atoms with van der Waals surface area (Å²) in [6, 6.07) is 10.5. The van der Waals surface area contributed by atoms with E-state index >= 15 is 0 Å². The number of hydrogen-bond acceptors (Lipinski definition) is 3. The fraction of sp³-hybridized carbons (Fsp3) is 0.600. The lowest BCUT2D eigenvalue weighted by Gasteiger charge is -2.37. The monoisotopic (exact) mass is 248 g/mol. The summed E-state index contributed by atoms with van der Waals surface area (Å²) in [7, 11) is 4.14. The quantitative estimate of drug-likeness (QED) is 0.873. The predicted octanol–water partition coefficient (Wildman–Crippen LogP) is 1.43. The highest BCUT2D eigenvalue weighted by atomic mass is 16.3. The lowest BCUT2D eigenvalue weighted by Crippen LogP contribution is -2.46. The number of nitrogens with zero attached hydrogens (tertiary/aromatic N) is 2. The van der Waals surface area contributed by atoms with E-state index < -0.39 is 0 Å². The Morgan fingerprint density at radius 2 is 2.00 bits per heavy atom. The number of rotatable bonds is 4. The lowest BCUT2D eigenvalue weighted by molar-refractivity contribution is 0.00915. The van der Waals surface area contributed by atoms with Crippen LogP contribution in [0, 0.1) is 5.92 Å². The molecule has 0 aromatic heterocycles. The molecular weight excluding hydrogens is 224 g/mol. The third-order valence-electron chi connectivity index (χ3n) is 3.65. The molecule has 0 amide bonds. The molecule has 0 radical (unpaired) electrons. The zero-order valence-electron chi connectivity index (χ0n) is 11.4. The summed E-state index contributed by atoms with van der Waals surface area (Å²) in [6.07, 6.45) is 0.900. The van der Waals surface area contributed by atoms with Crippen molar-refractivity contribution >= 4 is 0 Å². The number of piperidine rings is 1. The number of likely N-dealkylation sites (tertiary alicyclic amines) is 1. The van der Waals surface area contributed by atoms with Gasteiger partial charge in [0.1, 0.15) is 0 Å². The molecule has 1 N–H and O–H groups in total. The van der Waals surface area contributed by atoms with Gasteiger partial charge < -0.3 is 10.0 Å². The smallest absolute Gasteiger partial charge is 0.0708 e. The number of β-amino-alcohol motifs (C(OH)–C–C–N with tert-alkyl or cyclic N) is 1. The van der Waals surface area contributed by atoms with Crippen molar-refractivity contribution in [3.05, 3.63) is 35.9 Å². The van der Waals surface area contributed by atoms with Crippen molar-refractivity contribution in [3.8, 4) is 0 Å². The molecule has 100 valence electrons. The number of hydrogen-bond donors (Lipinski definition) is 1. The van der Waals surface area contributed by atoms with E-state index in [4.69, 9.17) is 0 Å². The molecule has 1 saturated heterocycles. The average molecular weight is 248 g/mol. The molecule has 1 aliphatic heterocycles. The Balaban J connectivity index is 1.85. The Kier molecular flexibility index (Phi) is 4.75. The highest BCUT2D eigenvalue weighted by Crippen LogP contribution is 2.20. The van der Waals surface area contributed by atoms with Crippen LogP contribution in [0.15, 0.2) is 30.3 Å². The Hall–Kier alpha value is -0.900. The second-order valence-corrected chi connectivity index (χ2v) is 5.60. The van der Waals surface area contributed by atoms with Crippen LogP contribution >= 0.6 is 0 Å². The standard InChI is InChI=1S/C15H24N2O/c1-16(2)11-14-8-9-17(12-15(14)18)10-13-6-4-3-5-7-13/h3-7,14-15,18H,8-12H2,1-2H3/t14-,15+/m1/s1. The van der Waals surface area contributed by atoms with E-state index in [2.05, 4.69) is 48.2 Å². The minimum Gasteiger partial charge on any atom is -0.391 e. The summed E-state index contributed by atoms with van der Waals surface area (Å²) in [6.45, 7) is 3.82. The van der Waals surface area contributed by atoms with Crippen molar-refractivity contribution < 1.29 is 5.11 Å². The van der Waals surface area contributed by atoms with Gasteiger partial charge in [-0.1, -0.05) is 30.3 Å². The number of benzene rings is 1. The Morgan fingerprint density at radius 1 is 1.28 bits per heavy atom. The van der Waals surface area contributed by atoms with Gasteiger partial charge in [0, 0.05) is 19.6 Å². The van der Waals surface area contributed by atoms with Crippen LogP contribution in [0.4, 0.5) is 0 Å². The van der Waals surface area contributed by atoms with Crippen LogP contribution in [0.5, 0.6) is 0 Å². The normalized spacial score (nSPS) is 25.6. The first-order valence-corrected chi connectivity index (χ1v) is 6.74. The molecule has 0 spiro atoms. The van der Waals surface area contributed by atoms with Crippen molar-refractivity contribution in [2.45, 2.75) is 19.1 Å². The molecule has 3 heteroatoms. The van der Waals surface area contributed by atoms with E-state index in [1.54, 1.807) is 0 Å². The van der Waals surface area contributed by atoms with Gasteiger partial charge in [0.15, 0.2) is 0 Å². The van der Waals surface area contributed by atoms with E-state index in [9.17, 15) is 5.11 Å². The van der Waals surface area contributed by atoms with Gasteiger partial charge in [0.2, 0.25) is 0 Å². The van der Waals surface area contributed by atoms with Gasteiger partial charge in [-0.2, -0.15) is 0 Å². The Bertz CT molecular complexity index is 353. The topological polar surface area (TPSA) is 26.7 Å². The molecule has 1 fully saturated rings. The molecule has 1 aliphatic rings. The van der Waals surface area contributed by atoms with Gasteiger partial charge in [-0.15, -0.1) is 0 Å². The van der Waals surface area contributed by atoms with Crippen molar-refractivity contribution in [2.75, 3.05) is 33.7 Å². The molecule has 1 aromatic carbocycles. The molecule has 2 rings (SSSR count). The maximum absolute atomic E-state index is 10.2. The van der Waals surface area contributed by atoms with Crippen molar-refractivity contribution in [1.82, 2.24) is 9.80 Å². The van der Waals surface area contributed by atoms with E-state index in [0.717, 1.165) is 32.6 Å². The summed E-state index contributed by atoms with van der Waals surface area (Å²) < 4.78 is 0. The zero-order chi connectivity index (χ0) is 13.0. The van der Waals surface area contributed by atoms with E-state index in [1.807, 2.05) is 6.07 Å². The van der Waals surface area contributed by atoms with Gasteiger partial charge in [-0.25, -0.2) is 0 Å². The lowest BCUT2D eigenvalue weighted by atomic mass is 9.93. The van der Waals surface area contributed by atoms with Crippen LogP contribution in [0.1, 0.15) is 12.0 Å². The van der Waals surface area contributed by atoms with Gasteiger partial charge in [-0.05, 0) is 38.5 Å². The molecule has 3 nitrogen and oxygen atoms in total. The largest absolute Gasteiger partial charge is 0.391 e. The SMILES string of the molecule is CN(C)C[C@H]1CCN(Cc2ccccc2)C[C@@H]1O. The maximum atomic E-state index is 10.2. The first-order valence-electron chi connectivity index (χ1n) is 6.74. The van der Waals surface area contributed by atoms with E-state index in [0.29, 0.717) is 5.92 Å². The summed E-state index contributed by atoms with van der Waals surface area (Å²) in [4.78, 5) is 4.52. The zero-order valence-corrected chi connectivity index (χ0v) is 11.4. The molecule has 0 saturated carbocycles. The maximum Gasteiger partial charge on any atom is 0.0708 e. The van der Waals surface area contributed by atoms with Crippen molar-refractivity contribution in [2.24, 2.45) is 5.92 Å².